The smallest absolute Gasteiger partial charge is 0.159 e. The highest BCUT2D eigenvalue weighted by Crippen LogP contribution is 2.14. The van der Waals surface area contributed by atoms with Crippen LogP contribution in [0.4, 0.5) is 0 Å². The van der Waals surface area contributed by atoms with E-state index < -0.39 is 8.07 Å². The van der Waals surface area contributed by atoms with Gasteiger partial charge in [-0.15, -0.1) is 0 Å². The van der Waals surface area contributed by atoms with Crippen LogP contribution in [0.2, 0.25) is 19.6 Å². The molecule has 0 fully saturated rings. The number of rotatable bonds is 7. The molecule has 124 valence electrons. The Morgan fingerprint density at radius 2 is 2.00 bits per heavy atom. The van der Waals surface area contributed by atoms with Gasteiger partial charge in [0.05, 0.1) is 27.3 Å². The third-order valence-electron chi connectivity index (χ3n) is 3.71. The average Bonchev–Trinajstić information content (AvgIpc) is 2.49. The van der Waals surface area contributed by atoms with E-state index in [4.69, 9.17) is 4.74 Å². The number of hydrogen-bond donors (Lipinski definition) is 0. The first-order valence-electron chi connectivity index (χ1n) is 8.20. The van der Waals surface area contributed by atoms with Crippen LogP contribution < -0.4 is 0 Å². The Balaban J connectivity index is 1.87. The molecule has 1 unspecified atom stereocenters. The highest BCUT2D eigenvalue weighted by atomic mass is 28.3. The number of allylic oxidation sites excluding steroid dienone is 1. The number of ketones is 1. The lowest BCUT2D eigenvalue weighted by atomic mass is 10.1. The van der Waals surface area contributed by atoms with Gasteiger partial charge in [-0.3, -0.25) is 4.79 Å². The van der Waals surface area contributed by atoms with E-state index in [0.717, 1.165) is 12.1 Å². The van der Waals surface area contributed by atoms with Crippen molar-refractivity contribution in [1.82, 2.24) is 4.90 Å². The van der Waals surface area contributed by atoms with Gasteiger partial charge in [0.15, 0.2) is 5.78 Å². The predicted octanol–water partition coefficient (Wildman–Crippen LogP) is 3.79. The number of benzene rings is 1. The number of carbonyl (C=O) groups excluding carboxylic acids is 1. The minimum absolute atomic E-state index is 0.127. The van der Waals surface area contributed by atoms with E-state index in [0.29, 0.717) is 19.6 Å². The molecule has 1 atom stereocenters. The maximum absolute atomic E-state index is 11.7. The highest BCUT2D eigenvalue weighted by molar-refractivity contribution is 6.80. The van der Waals surface area contributed by atoms with Gasteiger partial charge in [0, 0.05) is 19.2 Å². The van der Waals surface area contributed by atoms with Crippen LogP contribution in [0, 0.1) is 0 Å². The molecule has 0 radical (unpaired) electrons. The second kappa shape index (κ2) is 8.27. The van der Waals surface area contributed by atoms with Crippen LogP contribution in [-0.4, -0.2) is 38.0 Å². The summed E-state index contributed by atoms with van der Waals surface area (Å²) < 4.78 is 5.84. The Bertz CT molecular complexity index is 560. The largest absolute Gasteiger partial charge is 0.375 e. The molecule has 0 saturated heterocycles. The summed E-state index contributed by atoms with van der Waals surface area (Å²) in [7, 11) is -1.18. The van der Waals surface area contributed by atoms with Gasteiger partial charge in [0.25, 0.3) is 0 Å². The zero-order chi connectivity index (χ0) is 16.7. The second-order valence-electron chi connectivity index (χ2n) is 7.11. The van der Waals surface area contributed by atoms with Crippen LogP contribution in [0.15, 0.2) is 54.4 Å². The molecule has 0 amide bonds. The van der Waals surface area contributed by atoms with Crippen molar-refractivity contribution in [2.24, 2.45) is 0 Å². The Morgan fingerprint density at radius 3 is 2.70 bits per heavy atom. The van der Waals surface area contributed by atoms with Crippen molar-refractivity contribution in [2.45, 2.75) is 38.7 Å². The topological polar surface area (TPSA) is 29.5 Å². The van der Waals surface area contributed by atoms with Gasteiger partial charge in [-0.25, -0.2) is 0 Å². The van der Waals surface area contributed by atoms with Crippen molar-refractivity contribution in [3.63, 3.8) is 0 Å². The third-order valence-corrected chi connectivity index (χ3v) is 4.95. The summed E-state index contributed by atoms with van der Waals surface area (Å²) in [5, 5.41) is 0. The monoisotopic (exact) mass is 329 g/mol. The molecule has 1 heterocycles. The first kappa shape index (κ1) is 17.7. The first-order valence-corrected chi connectivity index (χ1v) is 11.8. The molecular formula is C19H27NO2Si. The van der Waals surface area contributed by atoms with Crippen LogP contribution >= 0.6 is 0 Å². The number of ether oxygens (including phenoxy) is 1. The molecule has 1 aliphatic rings. The average molecular weight is 330 g/mol. The van der Waals surface area contributed by atoms with Gasteiger partial charge in [0.1, 0.15) is 0 Å². The van der Waals surface area contributed by atoms with Crippen LogP contribution in [-0.2, 0) is 16.1 Å². The Kier molecular flexibility index (Phi) is 6.36. The van der Waals surface area contributed by atoms with Crippen molar-refractivity contribution in [1.29, 1.82) is 0 Å². The fourth-order valence-electron chi connectivity index (χ4n) is 2.50. The molecule has 0 bridgehead atoms. The number of hydrogen-bond acceptors (Lipinski definition) is 3. The van der Waals surface area contributed by atoms with Gasteiger partial charge < -0.3 is 9.64 Å². The predicted molar refractivity (Wildman–Crippen MR) is 97.8 cm³/mol. The van der Waals surface area contributed by atoms with Gasteiger partial charge in [0.2, 0.25) is 0 Å². The highest BCUT2D eigenvalue weighted by Gasteiger charge is 2.22. The minimum Gasteiger partial charge on any atom is -0.375 e. The SMILES string of the molecule is C[Si](C)(C)/C=C/CN1C=CC(=O)CC1COCc1ccccc1. The molecule has 3 nitrogen and oxygen atoms in total. The minimum atomic E-state index is -1.18. The molecule has 2 rings (SSSR count). The number of carbonyl (C=O) groups is 1. The summed E-state index contributed by atoms with van der Waals surface area (Å²) in [5.74, 6) is 0.184. The van der Waals surface area contributed by atoms with Crippen molar-refractivity contribution in [3.8, 4) is 0 Å². The molecule has 0 spiro atoms. The van der Waals surface area contributed by atoms with E-state index in [-0.39, 0.29) is 11.8 Å². The Labute approximate surface area is 140 Å². The van der Waals surface area contributed by atoms with E-state index in [1.807, 2.05) is 24.4 Å². The van der Waals surface area contributed by atoms with Gasteiger partial charge in [-0.1, -0.05) is 61.7 Å². The van der Waals surface area contributed by atoms with Gasteiger partial charge in [-0.05, 0) is 11.6 Å². The Morgan fingerprint density at radius 1 is 1.26 bits per heavy atom. The van der Waals surface area contributed by atoms with Crippen molar-refractivity contribution in [2.75, 3.05) is 13.2 Å². The van der Waals surface area contributed by atoms with Crippen LogP contribution in [0.5, 0.6) is 0 Å². The maximum Gasteiger partial charge on any atom is 0.159 e. The van der Waals surface area contributed by atoms with E-state index in [1.54, 1.807) is 6.08 Å². The molecular weight excluding hydrogens is 302 g/mol. The lowest BCUT2D eigenvalue weighted by Gasteiger charge is -2.32. The molecule has 1 aromatic carbocycles. The summed E-state index contributed by atoms with van der Waals surface area (Å²) in [6.45, 7) is 8.96. The summed E-state index contributed by atoms with van der Waals surface area (Å²) in [5.41, 5.74) is 3.51. The molecule has 1 aliphatic heterocycles. The quantitative estimate of drug-likeness (QED) is 0.713. The first-order chi connectivity index (χ1) is 10.9. The molecule has 0 saturated carbocycles. The molecule has 23 heavy (non-hydrogen) atoms. The van der Waals surface area contributed by atoms with Crippen LogP contribution in [0.3, 0.4) is 0 Å². The van der Waals surface area contributed by atoms with Gasteiger partial charge in [-0.2, -0.15) is 0 Å². The zero-order valence-electron chi connectivity index (χ0n) is 14.4. The van der Waals surface area contributed by atoms with Crippen molar-refractivity contribution in [3.05, 3.63) is 59.9 Å². The van der Waals surface area contributed by atoms with E-state index in [2.05, 4.69) is 48.4 Å². The summed E-state index contributed by atoms with van der Waals surface area (Å²) in [6.07, 6.45) is 6.36. The third kappa shape index (κ3) is 6.55. The Hall–Kier alpha value is -1.65. The molecule has 4 heteroatoms. The fourth-order valence-corrected chi connectivity index (χ4v) is 3.31. The van der Waals surface area contributed by atoms with Crippen LogP contribution in [0.25, 0.3) is 0 Å². The maximum atomic E-state index is 11.7. The summed E-state index contributed by atoms with van der Waals surface area (Å²) in [4.78, 5) is 13.9. The summed E-state index contributed by atoms with van der Waals surface area (Å²) >= 11 is 0. The lowest BCUT2D eigenvalue weighted by Crippen LogP contribution is -2.39. The van der Waals surface area contributed by atoms with Crippen LogP contribution in [0.1, 0.15) is 12.0 Å². The van der Waals surface area contributed by atoms with Crippen molar-refractivity contribution >= 4 is 13.9 Å². The molecule has 0 aliphatic carbocycles. The molecule has 0 aromatic heterocycles. The molecule has 1 aromatic rings. The van der Waals surface area contributed by atoms with Gasteiger partial charge >= 0.3 is 0 Å². The lowest BCUT2D eigenvalue weighted by molar-refractivity contribution is -0.117. The van der Waals surface area contributed by atoms with E-state index in [9.17, 15) is 4.79 Å². The van der Waals surface area contributed by atoms with E-state index in [1.165, 1.54) is 0 Å². The fraction of sp³-hybridized carbons (Fsp3) is 0.421. The normalized spacial score (nSPS) is 18.8. The molecule has 0 N–H and O–H groups in total. The standard InChI is InChI=1S/C19H27NO2Si/c1-23(2,3)13-7-11-20-12-10-19(21)14-18(20)16-22-15-17-8-5-4-6-9-17/h4-10,12-13,18H,11,14-16H2,1-3H3/b13-7+. The van der Waals surface area contributed by atoms with E-state index >= 15 is 0 Å². The second-order valence-corrected chi connectivity index (χ2v) is 12.2. The van der Waals surface area contributed by atoms with Crippen molar-refractivity contribution < 1.29 is 9.53 Å². The number of nitrogens with zero attached hydrogens (tertiary/aromatic N) is 1. The summed E-state index contributed by atoms with van der Waals surface area (Å²) in [6, 6.07) is 10.3. The zero-order valence-corrected chi connectivity index (χ0v) is 15.4.